The van der Waals surface area contributed by atoms with E-state index >= 15 is 0 Å². The molecule has 0 bridgehead atoms. The highest BCUT2D eigenvalue weighted by atomic mass is 15.1. The Balaban J connectivity index is 1.84. The van der Waals surface area contributed by atoms with Crippen LogP contribution in [0.1, 0.15) is 53.4 Å². The van der Waals surface area contributed by atoms with E-state index < -0.39 is 0 Å². The number of nitrogens with two attached hydrogens (primary N) is 1. The predicted octanol–water partition coefficient (Wildman–Crippen LogP) is 3.36. The van der Waals surface area contributed by atoms with Gasteiger partial charge in [-0.15, -0.1) is 0 Å². The van der Waals surface area contributed by atoms with Gasteiger partial charge in [0.15, 0.2) is 0 Å². The summed E-state index contributed by atoms with van der Waals surface area (Å²) in [6, 6.07) is 0.452. The Kier molecular flexibility index (Phi) is 5.30. The second-order valence-electron chi connectivity index (χ2n) is 7.79. The second-order valence-corrected chi connectivity index (χ2v) is 7.79. The summed E-state index contributed by atoms with van der Waals surface area (Å²) in [6.45, 7) is 13.4. The van der Waals surface area contributed by atoms with Crippen molar-refractivity contribution in [3.8, 4) is 0 Å². The first-order valence-electron chi connectivity index (χ1n) is 8.45. The molecule has 0 amide bonds. The molecule has 0 aromatic heterocycles. The Labute approximate surface area is 120 Å². The van der Waals surface area contributed by atoms with Crippen LogP contribution in [-0.4, -0.2) is 30.6 Å². The van der Waals surface area contributed by atoms with Gasteiger partial charge in [-0.3, -0.25) is 0 Å². The number of likely N-dealkylation sites (tertiary alicyclic amines) is 1. The molecular weight excluding hydrogens is 232 g/mol. The van der Waals surface area contributed by atoms with Gasteiger partial charge in [-0.2, -0.15) is 0 Å². The fraction of sp³-hybridized carbons (Fsp3) is 1.00. The van der Waals surface area contributed by atoms with Gasteiger partial charge in [0.25, 0.3) is 0 Å². The molecular formula is C17H34N2. The van der Waals surface area contributed by atoms with E-state index in [-0.39, 0.29) is 0 Å². The molecule has 1 aliphatic carbocycles. The standard InChI is InChI=1S/C17H34N2/c1-12(2)14-5-6-17(18)16(9-14)11-19-8-7-15(10-19)13(3)4/h12-17H,5-11,18H2,1-4H3. The highest BCUT2D eigenvalue weighted by molar-refractivity contribution is 4.87. The summed E-state index contributed by atoms with van der Waals surface area (Å²) in [5.41, 5.74) is 6.39. The number of hydrogen-bond donors (Lipinski definition) is 1. The van der Waals surface area contributed by atoms with Crippen molar-refractivity contribution in [1.82, 2.24) is 4.90 Å². The molecule has 2 aliphatic rings. The van der Waals surface area contributed by atoms with Crippen LogP contribution in [0.3, 0.4) is 0 Å². The molecule has 4 unspecified atom stereocenters. The maximum absolute atomic E-state index is 6.39. The second kappa shape index (κ2) is 6.58. The molecule has 2 heteroatoms. The number of rotatable bonds is 4. The van der Waals surface area contributed by atoms with Gasteiger partial charge in [0.1, 0.15) is 0 Å². The summed E-state index contributed by atoms with van der Waals surface area (Å²) in [7, 11) is 0. The first-order valence-corrected chi connectivity index (χ1v) is 8.45. The Morgan fingerprint density at radius 3 is 2.26 bits per heavy atom. The third-order valence-electron chi connectivity index (χ3n) is 5.77. The summed E-state index contributed by atoms with van der Waals surface area (Å²) in [5, 5.41) is 0. The lowest BCUT2D eigenvalue weighted by atomic mass is 9.74. The number of nitrogens with zero attached hydrogens (tertiary/aromatic N) is 1. The van der Waals surface area contributed by atoms with Crippen LogP contribution in [0, 0.1) is 29.6 Å². The van der Waals surface area contributed by atoms with Crippen LogP contribution >= 0.6 is 0 Å². The SMILES string of the molecule is CC(C)C1CCC(N)C(CN2CCC(C(C)C)C2)C1. The molecule has 1 heterocycles. The van der Waals surface area contributed by atoms with Crippen LogP contribution in [0.2, 0.25) is 0 Å². The fourth-order valence-electron chi connectivity index (χ4n) is 4.04. The molecule has 2 rings (SSSR count). The van der Waals surface area contributed by atoms with Crippen LogP contribution in [0.25, 0.3) is 0 Å². The van der Waals surface area contributed by atoms with Gasteiger partial charge >= 0.3 is 0 Å². The minimum absolute atomic E-state index is 0.452. The first-order chi connectivity index (χ1) is 8.97. The summed E-state index contributed by atoms with van der Waals surface area (Å²) in [5.74, 6) is 4.24. The van der Waals surface area contributed by atoms with Crippen LogP contribution < -0.4 is 5.73 Å². The van der Waals surface area contributed by atoms with Crippen molar-refractivity contribution in [1.29, 1.82) is 0 Å². The Bertz CT molecular complexity index is 274. The van der Waals surface area contributed by atoms with Crippen LogP contribution in [0.15, 0.2) is 0 Å². The first kappa shape index (κ1) is 15.3. The molecule has 19 heavy (non-hydrogen) atoms. The Morgan fingerprint density at radius 1 is 1.00 bits per heavy atom. The smallest absolute Gasteiger partial charge is 0.00795 e. The summed E-state index contributed by atoms with van der Waals surface area (Å²) in [4.78, 5) is 2.69. The van der Waals surface area contributed by atoms with Gasteiger partial charge in [0.05, 0.1) is 0 Å². The minimum Gasteiger partial charge on any atom is -0.327 e. The van der Waals surface area contributed by atoms with Gasteiger partial charge in [0, 0.05) is 19.1 Å². The average molecular weight is 266 g/mol. The van der Waals surface area contributed by atoms with Gasteiger partial charge in [-0.25, -0.2) is 0 Å². The topological polar surface area (TPSA) is 29.3 Å². The van der Waals surface area contributed by atoms with E-state index in [0.29, 0.717) is 6.04 Å². The quantitative estimate of drug-likeness (QED) is 0.845. The Morgan fingerprint density at radius 2 is 1.68 bits per heavy atom. The van der Waals surface area contributed by atoms with Crippen molar-refractivity contribution in [3.63, 3.8) is 0 Å². The van der Waals surface area contributed by atoms with Crippen LogP contribution in [-0.2, 0) is 0 Å². The minimum atomic E-state index is 0.452. The molecule has 0 spiro atoms. The van der Waals surface area contributed by atoms with Gasteiger partial charge < -0.3 is 10.6 Å². The maximum atomic E-state index is 6.39. The Hall–Kier alpha value is -0.0800. The molecule has 0 radical (unpaired) electrons. The lowest BCUT2D eigenvalue weighted by Crippen LogP contribution is -2.43. The lowest BCUT2D eigenvalue weighted by molar-refractivity contribution is 0.146. The third kappa shape index (κ3) is 3.95. The molecule has 1 saturated carbocycles. The van der Waals surface area contributed by atoms with Crippen molar-refractivity contribution in [2.24, 2.45) is 35.3 Å². The summed E-state index contributed by atoms with van der Waals surface area (Å²) >= 11 is 0. The fourth-order valence-corrected chi connectivity index (χ4v) is 4.04. The zero-order chi connectivity index (χ0) is 14.0. The zero-order valence-electron chi connectivity index (χ0n) is 13.4. The zero-order valence-corrected chi connectivity index (χ0v) is 13.4. The van der Waals surface area contributed by atoms with E-state index in [1.165, 1.54) is 45.3 Å². The van der Waals surface area contributed by atoms with E-state index in [0.717, 1.165) is 29.6 Å². The highest BCUT2D eigenvalue weighted by Crippen LogP contribution is 2.34. The molecule has 0 aromatic carbocycles. The third-order valence-corrected chi connectivity index (χ3v) is 5.77. The van der Waals surface area contributed by atoms with Gasteiger partial charge in [-0.05, 0) is 61.8 Å². The molecule has 4 atom stereocenters. The van der Waals surface area contributed by atoms with E-state index in [1.54, 1.807) is 0 Å². The lowest BCUT2D eigenvalue weighted by Gasteiger charge is -2.38. The van der Waals surface area contributed by atoms with Crippen molar-refractivity contribution in [2.45, 2.75) is 59.4 Å². The van der Waals surface area contributed by atoms with Crippen molar-refractivity contribution in [3.05, 3.63) is 0 Å². The molecule has 1 aliphatic heterocycles. The molecule has 2 N–H and O–H groups in total. The van der Waals surface area contributed by atoms with E-state index in [4.69, 9.17) is 5.73 Å². The van der Waals surface area contributed by atoms with Crippen LogP contribution in [0.5, 0.6) is 0 Å². The maximum Gasteiger partial charge on any atom is 0.00795 e. The molecule has 0 aromatic rings. The monoisotopic (exact) mass is 266 g/mol. The predicted molar refractivity (Wildman–Crippen MR) is 83.0 cm³/mol. The highest BCUT2D eigenvalue weighted by Gasteiger charge is 2.33. The van der Waals surface area contributed by atoms with E-state index in [2.05, 4.69) is 32.6 Å². The molecule has 112 valence electrons. The summed E-state index contributed by atoms with van der Waals surface area (Å²) < 4.78 is 0. The van der Waals surface area contributed by atoms with E-state index in [1.807, 2.05) is 0 Å². The average Bonchev–Trinajstić information content (AvgIpc) is 2.80. The largest absolute Gasteiger partial charge is 0.327 e. The molecule has 2 fully saturated rings. The molecule has 1 saturated heterocycles. The van der Waals surface area contributed by atoms with E-state index in [9.17, 15) is 0 Å². The van der Waals surface area contributed by atoms with Crippen LogP contribution in [0.4, 0.5) is 0 Å². The van der Waals surface area contributed by atoms with Gasteiger partial charge in [0.2, 0.25) is 0 Å². The van der Waals surface area contributed by atoms with Crippen molar-refractivity contribution < 1.29 is 0 Å². The van der Waals surface area contributed by atoms with Crippen molar-refractivity contribution in [2.75, 3.05) is 19.6 Å². The molecule has 2 nitrogen and oxygen atoms in total. The van der Waals surface area contributed by atoms with Crippen molar-refractivity contribution >= 4 is 0 Å². The number of hydrogen-bond acceptors (Lipinski definition) is 2. The summed E-state index contributed by atoms with van der Waals surface area (Å²) in [6.07, 6.45) is 5.35. The normalized spacial score (nSPS) is 37.4. The van der Waals surface area contributed by atoms with Gasteiger partial charge in [-0.1, -0.05) is 27.7 Å².